The minimum Gasteiger partial charge on any atom is -0.478 e. The number of aromatic nitrogens is 1. The highest BCUT2D eigenvalue weighted by molar-refractivity contribution is 5.98. The average molecular weight is 294 g/mol. The molecular weight excluding hydrogens is 276 g/mol. The smallest absolute Gasteiger partial charge is 0.337 e. The van der Waals surface area contributed by atoms with Crippen molar-refractivity contribution < 1.29 is 24.2 Å². The monoisotopic (exact) mass is 294 g/mol. The minimum atomic E-state index is -1.03. The third-order valence-corrected chi connectivity index (χ3v) is 4.12. The van der Waals surface area contributed by atoms with Gasteiger partial charge >= 0.3 is 5.97 Å². The molecule has 1 atom stereocenters. The van der Waals surface area contributed by atoms with Crippen LogP contribution in [0.2, 0.25) is 0 Å². The Balaban J connectivity index is 1.91. The molecule has 1 aromatic heterocycles. The minimum absolute atomic E-state index is 0.0621. The molecule has 0 bridgehead atoms. The molecule has 0 aliphatic carbocycles. The highest BCUT2D eigenvalue weighted by Gasteiger charge is 2.31. The van der Waals surface area contributed by atoms with Gasteiger partial charge in [-0.25, -0.2) is 4.79 Å². The van der Waals surface area contributed by atoms with Crippen molar-refractivity contribution in [3.63, 3.8) is 0 Å². The number of carboxylic acid groups (broad SMARTS) is 1. The first-order chi connectivity index (χ1) is 10.1. The van der Waals surface area contributed by atoms with Gasteiger partial charge in [0.15, 0.2) is 0 Å². The van der Waals surface area contributed by atoms with Crippen LogP contribution in [-0.2, 0) is 22.6 Å². The number of carboxylic acids is 1. The maximum Gasteiger partial charge on any atom is 0.337 e. The summed E-state index contributed by atoms with van der Waals surface area (Å²) in [7, 11) is 1.64. The summed E-state index contributed by atoms with van der Waals surface area (Å²) in [6, 6.07) is 1.47. The van der Waals surface area contributed by atoms with E-state index in [4.69, 9.17) is 9.47 Å². The standard InChI is InChI=1S/C14H18N2O5/c1-20-9-2-3-15(7-9)13(17)11-6-10(14(18)19)12-8-21-5-4-16(11)12/h6,9H,2-5,7-8H2,1H3,(H,18,19)/t9-/m0/s1. The summed E-state index contributed by atoms with van der Waals surface area (Å²) >= 11 is 0. The van der Waals surface area contributed by atoms with Crippen molar-refractivity contribution in [1.82, 2.24) is 9.47 Å². The Labute approximate surface area is 122 Å². The maximum atomic E-state index is 12.6. The third kappa shape index (κ3) is 2.43. The summed E-state index contributed by atoms with van der Waals surface area (Å²) in [6.07, 6.45) is 0.872. The van der Waals surface area contributed by atoms with Gasteiger partial charge < -0.3 is 24.0 Å². The molecule has 1 N–H and O–H groups in total. The van der Waals surface area contributed by atoms with Crippen molar-refractivity contribution in [2.45, 2.75) is 25.7 Å². The highest BCUT2D eigenvalue weighted by atomic mass is 16.5. The van der Waals surface area contributed by atoms with Crippen LogP contribution < -0.4 is 0 Å². The zero-order chi connectivity index (χ0) is 15.0. The summed E-state index contributed by atoms with van der Waals surface area (Å²) in [5.41, 5.74) is 1.16. The molecule has 0 unspecified atom stereocenters. The van der Waals surface area contributed by atoms with Gasteiger partial charge in [0, 0.05) is 26.7 Å². The number of rotatable bonds is 3. The Hall–Kier alpha value is -1.86. The fourth-order valence-electron chi connectivity index (χ4n) is 2.95. The highest BCUT2D eigenvalue weighted by Crippen LogP contribution is 2.24. The molecule has 2 aliphatic heterocycles. The second kappa shape index (κ2) is 5.50. The molecule has 0 aromatic carbocycles. The number of likely N-dealkylation sites (tertiary alicyclic amines) is 1. The van der Waals surface area contributed by atoms with E-state index < -0.39 is 5.97 Å². The molecule has 3 heterocycles. The van der Waals surface area contributed by atoms with Crippen molar-refractivity contribution in [2.24, 2.45) is 0 Å². The van der Waals surface area contributed by atoms with E-state index in [1.54, 1.807) is 16.6 Å². The van der Waals surface area contributed by atoms with E-state index in [-0.39, 0.29) is 24.2 Å². The van der Waals surface area contributed by atoms with Crippen molar-refractivity contribution in [3.8, 4) is 0 Å². The molecule has 3 rings (SSSR count). The van der Waals surface area contributed by atoms with E-state index in [1.165, 1.54) is 6.07 Å². The molecule has 1 saturated heterocycles. The van der Waals surface area contributed by atoms with Gasteiger partial charge in [0.2, 0.25) is 0 Å². The number of carbonyl (C=O) groups excluding carboxylic acids is 1. The maximum absolute atomic E-state index is 12.6. The first-order valence-corrected chi connectivity index (χ1v) is 6.97. The van der Waals surface area contributed by atoms with E-state index in [9.17, 15) is 14.7 Å². The number of carbonyl (C=O) groups is 2. The van der Waals surface area contributed by atoms with Crippen LogP contribution >= 0.6 is 0 Å². The van der Waals surface area contributed by atoms with Gasteiger partial charge in [-0.15, -0.1) is 0 Å². The van der Waals surface area contributed by atoms with Gasteiger partial charge in [-0.2, -0.15) is 0 Å². The summed E-state index contributed by atoms with van der Waals surface area (Å²) in [5.74, 6) is -1.16. The van der Waals surface area contributed by atoms with Gasteiger partial charge in [0.25, 0.3) is 5.91 Å². The number of hydrogen-bond donors (Lipinski definition) is 1. The van der Waals surface area contributed by atoms with Gasteiger partial charge in [0.1, 0.15) is 5.69 Å². The first kappa shape index (κ1) is 14.1. The molecule has 1 fully saturated rings. The molecule has 1 amide bonds. The second-order valence-electron chi connectivity index (χ2n) is 5.30. The van der Waals surface area contributed by atoms with Crippen LogP contribution in [0.1, 0.15) is 33.0 Å². The van der Waals surface area contributed by atoms with Crippen molar-refractivity contribution in [1.29, 1.82) is 0 Å². The fourth-order valence-corrected chi connectivity index (χ4v) is 2.95. The molecule has 2 aliphatic rings. The fraction of sp³-hybridized carbons (Fsp3) is 0.571. The Bertz CT molecular complexity index is 580. The molecule has 21 heavy (non-hydrogen) atoms. The van der Waals surface area contributed by atoms with Gasteiger partial charge in [-0.3, -0.25) is 4.79 Å². The lowest BCUT2D eigenvalue weighted by Gasteiger charge is -2.21. The van der Waals surface area contributed by atoms with Crippen LogP contribution in [0, 0.1) is 0 Å². The molecule has 7 heteroatoms. The lowest BCUT2D eigenvalue weighted by Crippen LogP contribution is -2.32. The van der Waals surface area contributed by atoms with Crippen LogP contribution in [-0.4, -0.2) is 59.4 Å². The Morgan fingerprint density at radius 3 is 2.90 bits per heavy atom. The van der Waals surface area contributed by atoms with Crippen molar-refractivity contribution in [2.75, 3.05) is 26.8 Å². The van der Waals surface area contributed by atoms with Gasteiger partial charge in [-0.05, 0) is 12.5 Å². The summed E-state index contributed by atoms with van der Waals surface area (Å²) < 4.78 is 12.4. The van der Waals surface area contributed by atoms with E-state index in [0.717, 1.165) is 6.42 Å². The number of aromatic carboxylic acids is 1. The average Bonchev–Trinajstić information content (AvgIpc) is 3.11. The molecule has 0 spiro atoms. The van der Waals surface area contributed by atoms with Crippen molar-refractivity contribution in [3.05, 3.63) is 23.0 Å². The quantitative estimate of drug-likeness (QED) is 0.882. The van der Waals surface area contributed by atoms with Crippen LogP contribution in [0.4, 0.5) is 0 Å². The topological polar surface area (TPSA) is 81.0 Å². The molecule has 0 radical (unpaired) electrons. The first-order valence-electron chi connectivity index (χ1n) is 6.97. The molecule has 1 aromatic rings. The zero-order valence-corrected chi connectivity index (χ0v) is 11.9. The number of fused-ring (bicyclic) bond motifs is 1. The third-order valence-electron chi connectivity index (χ3n) is 4.12. The van der Waals surface area contributed by atoms with Crippen LogP contribution in [0.3, 0.4) is 0 Å². The van der Waals surface area contributed by atoms with Gasteiger partial charge in [-0.1, -0.05) is 0 Å². The number of nitrogens with zero attached hydrogens (tertiary/aromatic N) is 2. The number of ether oxygens (including phenoxy) is 2. The van der Waals surface area contributed by atoms with Crippen LogP contribution in [0.5, 0.6) is 0 Å². The normalized spacial score (nSPS) is 21.4. The largest absolute Gasteiger partial charge is 0.478 e. The predicted molar refractivity (Wildman–Crippen MR) is 72.4 cm³/mol. The predicted octanol–water partition coefficient (Wildman–Crippen LogP) is 0.577. The van der Waals surface area contributed by atoms with E-state index in [2.05, 4.69) is 0 Å². The Morgan fingerprint density at radius 1 is 1.43 bits per heavy atom. The van der Waals surface area contributed by atoms with Gasteiger partial charge in [0.05, 0.1) is 30.6 Å². The lowest BCUT2D eigenvalue weighted by molar-refractivity contribution is 0.0638. The van der Waals surface area contributed by atoms with E-state index in [1.807, 2.05) is 0 Å². The Morgan fingerprint density at radius 2 is 2.24 bits per heavy atom. The molecule has 7 nitrogen and oxygen atoms in total. The number of hydrogen-bond acceptors (Lipinski definition) is 4. The Kier molecular flexibility index (Phi) is 3.69. The summed E-state index contributed by atoms with van der Waals surface area (Å²) in [5, 5.41) is 9.27. The van der Waals surface area contributed by atoms with Crippen LogP contribution in [0.25, 0.3) is 0 Å². The van der Waals surface area contributed by atoms with Crippen LogP contribution in [0.15, 0.2) is 6.07 Å². The van der Waals surface area contributed by atoms with E-state index in [0.29, 0.717) is 37.6 Å². The summed E-state index contributed by atoms with van der Waals surface area (Å²) in [6.45, 7) is 2.41. The molecule has 0 saturated carbocycles. The number of amides is 1. The second-order valence-corrected chi connectivity index (χ2v) is 5.30. The molecular formula is C14H18N2O5. The SMILES string of the molecule is CO[C@H]1CCN(C(=O)c2cc(C(=O)O)c3n2CCOC3)C1. The van der Waals surface area contributed by atoms with E-state index >= 15 is 0 Å². The lowest BCUT2D eigenvalue weighted by atomic mass is 10.2. The number of methoxy groups -OCH3 is 1. The zero-order valence-electron chi connectivity index (χ0n) is 11.9. The molecule has 114 valence electrons. The van der Waals surface area contributed by atoms with Crippen molar-refractivity contribution >= 4 is 11.9 Å². The summed E-state index contributed by atoms with van der Waals surface area (Å²) in [4.78, 5) is 25.7.